The summed E-state index contributed by atoms with van der Waals surface area (Å²) >= 11 is 2.12. The van der Waals surface area contributed by atoms with Crippen LogP contribution in [0.2, 0.25) is 0 Å². The molecule has 0 aromatic heterocycles. The molecule has 0 radical (unpaired) electrons. The molecule has 0 bridgehead atoms. The van der Waals surface area contributed by atoms with E-state index < -0.39 is 41.7 Å². The fraction of sp³-hybridized carbons (Fsp3) is 0.333. The Hall–Kier alpha value is -2.11. The average molecular weight is 532 g/mol. The quantitative estimate of drug-likeness (QED) is 0.353. The highest BCUT2D eigenvalue weighted by Gasteiger charge is 2.24. The highest BCUT2D eigenvalue weighted by molar-refractivity contribution is 14.1. The van der Waals surface area contributed by atoms with Crippen molar-refractivity contribution in [2.45, 2.75) is 38.0 Å². The maximum Gasteiger partial charge on any atom is 0.305 e. The molecule has 2 rings (SSSR count). The van der Waals surface area contributed by atoms with Gasteiger partial charge in [-0.1, -0.05) is 12.1 Å². The van der Waals surface area contributed by atoms with E-state index in [-0.39, 0.29) is 24.9 Å². The van der Waals surface area contributed by atoms with Crippen LogP contribution in [0.25, 0.3) is 0 Å². The minimum atomic E-state index is -1.13. The minimum Gasteiger partial charge on any atom is -0.481 e. The van der Waals surface area contributed by atoms with Gasteiger partial charge in [-0.2, -0.15) is 0 Å². The fourth-order valence-corrected chi connectivity index (χ4v) is 3.71. The molecule has 3 atom stereocenters. The van der Waals surface area contributed by atoms with Gasteiger partial charge in [-0.3, -0.25) is 9.59 Å². The maximum absolute atomic E-state index is 13.5. The molecule has 0 aliphatic rings. The number of hydrogen-bond donors (Lipinski definition) is 4. The molecule has 0 saturated carbocycles. The van der Waals surface area contributed by atoms with Crippen molar-refractivity contribution in [3.05, 3.63) is 68.8 Å². The highest BCUT2D eigenvalue weighted by atomic mass is 127. The SMILES string of the molecule is CC(=O)N[C@@H](Cc1cc(F)cc(F)c1)[C@H](O)CNC(CC(=O)O)c1cccc(I)c1. The van der Waals surface area contributed by atoms with Gasteiger partial charge in [0, 0.05) is 29.1 Å². The molecular formula is C21H23F2IN2O4. The molecule has 30 heavy (non-hydrogen) atoms. The van der Waals surface area contributed by atoms with Crippen LogP contribution in [0, 0.1) is 15.2 Å². The molecule has 0 spiro atoms. The van der Waals surface area contributed by atoms with Crippen LogP contribution >= 0.6 is 22.6 Å². The molecule has 4 N–H and O–H groups in total. The number of carbonyl (C=O) groups excluding carboxylic acids is 1. The number of carboxylic acids is 1. The van der Waals surface area contributed by atoms with Gasteiger partial charge >= 0.3 is 5.97 Å². The summed E-state index contributed by atoms with van der Waals surface area (Å²) in [5, 5.41) is 25.5. The summed E-state index contributed by atoms with van der Waals surface area (Å²) in [7, 11) is 0. The Bertz CT molecular complexity index is 877. The van der Waals surface area contributed by atoms with Crippen molar-refractivity contribution in [1.29, 1.82) is 0 Å². The molecule has 0 aliphatic carbocycles. The number of carboxylic acid groups (broad SMARTS) is 1. The first-order valence-electron chi connectivity index (χ1n) is 9.25. The third kappa shape index (κ3) is 7.96. The topological polar surface area (TPSA) is 98.7 Å². The number of halogens is 3. The van der Waals surface area contributed by atoms with Gasteiger partial charge in [0.15, 0.2) is 0 Å². The summed E-state index contributed by atoms with van der Waals surface area (Å²) < 4.78 is 27.9. The summed E-state index contributed by atoms with van der Waals surface area (Å²) in [4.78, 5) is 22.8. The second-order valence-corrected chi connectivity index (χ2v) is 8.22. The Balaban J connectivity index is 2.13. The molecule has 2 aromatic carbocycles. The fourth-order valence-electron chi connectivity index (χ4n) is 3.14. The second kappa shape index (κ2) is 11.3. The first kappa shape index (κ1) is 24.2. The lowest BCUT2D eigenvalue weighted by Gasteiger charge is -2.26. The van der Waals surface area contributed by atoms with E-state index in [1.54, 1.807) is 6.07 Å². The van der Waals surface area contributed by atoms with E-state index in [1.807, 2.05) is 18.2 Å². The van der Waals surface area contributed by atoms with Crippen molar-refractivity contribution < 1.29 is 28.6 Å². The first-order valence-corrected chi connectivity index (χ1v) is 10.3. The van der Waals surface area contributed by atoms with Crippen LogP contribution in [-0.2, 0) is 16.0 Å². The number of nitrogens with one attached hydrogen (secondary N) is 2. The summed E-state index contributed by atoms with van der Waals surface area (Å²) in [6.07, 6.45) is -1.32. The Morgan fingerprint density at radius 2 is 1.80 bits per heavy atom. The summed E-state index contributed by atoms with van der Waals surface area (Å²) in [6.45, 7) is 1.24. The number of hydrogen-bond acceptors (Lipinski definition) is 4. The van der Waals surface area contributed by atoms with Gasteiger partial charge in [0.2, 0.25) is 5.91 Å². The third-order valence-corrected chi connectivity index (χ3v) is 5.11. The second-order valence-electron chi connectivity index (χ2n) is 6.97. The van der Waals surface area contributed by atoms with Crippen LogP contribution in [0.1, 0.15) is 30.5 Å². The van der Waals surface area contributed by atoms with Gasteiger partial charge in [0.1, 0.15) is 11.6 Å². The van der Waals surface area contributed by atoms with E-state index in [0.29, 0.717) is 0 Å². The third-order valence-electron chi connectivity index (χ3n) is 4.43. The molecule has 0 saturated heterocycles. The predicted molar refractivity (Wildman–Crippen MR) is 116 cm³/mol. The monoisotopic (exact) mass is 532 g/mol. The minimum absolute atomic E-state index is 0.00391. The van der Waals surface area contributed by atoms with Gasteiger partial charge in [0.05, 0.1) is 18.6 Å². The van der Waals surface area contributed by atoms with Gasteiger partial charge < -0.3 is 20.8 Å². The summed E-state index contributed by atoms with van der Waals surface area (Å²) in [6, 6.07) is 8.95. The smallest absolute Gasteiger partial charge is 0.305 e. The lowest BCUT2D eigenvalue weighted by molar-refractivity contribution is -0.137. The lowest BCUT2D eigenvalue weighted by atomic mass is 9.99. The number of aliphatic hydroxyl groups excluding tert-OH is 1. The number of carbonyl (C=O) groups is 2. The van der Waals surface area contributed by atoms with Crippen molar-refractivity contribution >= 4 is 34.5 Å². The largest absolute Gasteiger partial charge is 0.481 e. The summed E-state index contributed by atoms with van der Waals surface area (Å²) in [5.41, 5.74) is 1.03. The van der Waals surface area contributed by atoms with Crippen LogP contribution < -0.4 is 10.6 Å². The van der Waals surface area contributed by atoms with Crippen LogP contribution in [0.3, 0.4) is 0 Å². The summed E-state index contributed by atoms with van der Waals surface area (Å²) in [5.74, 6) is -2.91. The Morgan fingerprint density at radius 3 is 2.37 bits per heavy atom. The lowest BCUT2D eigenvalue weighted by Crippen LogP contribution is -2.48. The van der Waals surface area contributed by atoms with Gasteiger partial charge in [-0.25, -0.2) is 8.78 Å². The van der Waals surface area contributed by atoms with E-state index >= 15 is 0 Å². The van der Waals surface area contributed by atoms with Crippen LogP contribution in [0.15, 0.2) is 42.5 Å². The average Bonchev–Trinajstić information content (AvgIpc) is 2.62. The van der Waals surface area contributed by atoms with E-state index in [9.17, 15) is 28.6 Å². The Morgan fingerprint density at radius 1 is 1.13 bits per heavy atom. The van der Waals surface area contributed by atoms with Crippen molar-refractivity contribution in [1.82, 2.24) is 10.6 Å². The first-order chi connectivity index (χ1) is 14.1. The molecule has 2 aromatic rings. The molecule has 9 heteroatoms. The van der Waals surface area contributed by atoms with Crippen molar-refractivity contribution in [3.8, 4) is 0 Å². The highest BCUT2D eigenvalue weighted by Crippen LogP contribution is 2.20. The number of rotatable bonds is 10. The van der Waals surface area contributed by atoms with Crippen molar-refractivity contribution in [2.75, 3.05) is 6.54 Å². The van der Waals surface area contributed by atoms with E-state index in [4.69, 9.17) is 0 Å². The standard InChI is InChI=1S/C21H23F2IN2O4/c1-12(27)26-19(7-13-5-15(22)9-16(23)6-13)20(28)11-25-18(10-21(29)30)14-3-2-4-17(24)8-14/h2-6,8-9,18-20,25,28H,7,10-11H2,1H3,(H,26,27)(H,29,30)/t18?,19-,20+/m0/s1. The molecule has 0 heterocycles. The molecule has 0 aliphatic heterocycles. The van der Waals surface area contributed by atoms with Crippen molar-refractivity contribution in [3.63, 3.8) is 0 Å². The van der Waals surface area contributed by atoms with E-state index in [1.165, 1.54) is 6.92 Å². The van der Waals surface area contributed by atoms with Crippen LogP contribution in [0.4, 0.5) is 8.78 Å². The maximum atomic E-state index is 13.5. The Labute approximate surface area is 186 Å². The normalized spacial score (nSPS) is 14.0. The van der Waals surface area contributed by atoms with E-state index in [0.717, 1.165) is 27.3 Å². The Kier molecular flexibility index (Phi) is 9.12. The van der Waals surface area contributed by atoms with Gasteiger partial charge in [0.25, 0.3) is 0 Å². The number of benzene rings is 2. The number of aliphatic hydroxyl groups is 1. The zero-order valence-corrected chi connectivity index (χ0v) is 18.4. The molecule has 6 nitrogen and oxygen atoms in total. The zero-order chi connectivity index (χ0) is 22.3. The molecule has 1 amide bonds. The van der Waals surface area contributed by atoms with Gasteiger partial charge in [-0.15, -0.1) is 0 Å². The van der Waals surface area contributed by atoms with Crippen LogP contribution in [-0.4, -0.2) is 40.8 Å². The van der Waals surface area contributed by atoms with Crippen molar-refractivity contribution in [2.24, 2.45) is 0 Å². The number of aliphatic carboxylic acids is 1. The van der Waals surface area contributed by atoms with Crippen LogP contribution in [0.5, 0.6) is 0 Å². The number of amides is 1. The predicted octanol–water partition coefficient (Wildman–Crippen LogP) is 2.78. The molecular weight excluding hydrogens is 509 g/mol. The zero-order valence-electron chi connectivity index (χ0n) is 16.2. The van der Waals surface area contributed by atoms with E-state index in [2.05, 4.69) is 33.2 Å². The molecule has 1 unspecified atom stereocenters. The molecule has 0 fully saturated rings. The van der Waals surface area contributed by atoms with Gasteiger partial charge in [-0.05, 0) is 64.4 Å². The molecule has 162 valence electrons.